The molecule has 4 heteroatoms. The van der Waals surface area contributed by atoms with E-state index in [9.17, 15) is 4.39 Å². The summed E-state index contributed by atoms with van der Waals surface area (Å²) in [5.74, 6) is 0.805. The molecule has 0 aliphatic rings. The van der Waals surface area contributed by atoms with Crippen molar-refractivity contribution in [2.45, 2.75) is 13.0 Å². The van der Waals surface area contributed by atoms with Crippen molar-refractivity contribution in [3.63, 3.8) is 0 Å². The van der Waals surface area contributed by atoms with Crippen LogP contribution >= 0.6 is 23.4 Å². The van der Waals surface area contributed by atoms with Crippen LogP contribution in [0.3, 0.4) is 0 Å². The summed E-state index contributed by atoms with van der Waals surface area (Å²) >= 11 is 7.51. The lowest BCUT2D eigenvalue weighted by Gasteiger charge is -2.05. The van der Waals surface area contributed by atoms with Gasteiger partial charge in [0.1, 0.15) is 5.82 Å². The van der Waals surface area contributed by atoms with Crippen molar-refractivity contribution < 1.29 is 4.39 Å². The maximum atomic E-state index is 12.8. The highest BCUT2D eigenvalue weighted by atomic mass is 35.5. The van der Waals surface area contributed by atoms with E-state index < -0.39 is 0 Å². The summed E-state index contributed by atoms with van der Waals surface area (Å²) in [5, 5.41) is 3.48. The highest BCUT2D eigenvalue weighted by Crippen LogP contribution is 2.15. The molecule has 0 spiro atoms. The molecule has 1 N–H and O–H groups in total. The Labute approximate surface area is 99.4 Å². The van der Waals surface area contributed by atoms with E-state index in [0.29, 0.717) is 0 Å². The van der Waals surface area contributed by atoms with Crippen LogP contribution < -0.4 is 5.32 Å². The number of nitrogens with one attached hydrogen (secondary N) is 1. The Kier molecular flexibility index (Phi) is 6.06. The predicted molar refractivity (Wildman–Crippen MR) is 66.1 cm³/mol. The van der Waals surface area contributed by atoms with Crippen molar-refractivity contribution in [1.29, 1.82) is 0 Å². The molecule has 0 fully saturated rings. The lowest BCUT2D eigenvalue weighted by Crippen LogP contribution is -2.15. The Balaban J connectivity index is 2.28. The third-order valence-electron chi connectivity index (χ3n) is 2.02. The third-order valence-corrected chi connectivity index (χ3v) is 3.00. The molecule has 0 bridgehead atoms. The number of rotatable bonds is 6. The molecular formula is C11H15ClFNS. The zero-order valence-electron chi connectivity index (χ0n) is 8.72. The first kappa shape index (κ1) is 12.8. The van der Waals surface area contributed by atoms with Gasteiger partial charge in [0.25, 0.3) is 0 Å². The fourth-order valence-electron chi connectivity index (χ4n) is 1.22. The summed E-state index contributed by atoms with van der Waals surface area (Å²) in [5.41, 5.74) is 1.02. The maximum absolute atomic E-state index is 12.8. The molecule has 84 valence electrons. The van der Waals surface area contributed by atoms with Crippen LogP contribution in [0.25, 0.3) is 0 Å². The van der Waals surface area contributed by atoms with E-state index in [1.165, 1.54) is 6.07 Å². The van der Waals surface area contributed by atoms with E-state index in [1.54, 1.807) is 12.1 Å². The molecule has 0 atom stereocenters. The van der Waals surface area contributed by atoms with Crippen LogP contribution in [0.2, 0.25) is 5.02 Å². The van der Waals surface area contributed by atoms with E-state index >= 15 is 0 Å². The molecule has 0 saturated carbocycles. The number of hydrogen-bond donors (Lipinski definition) is 1. The molecule has 0 amide bonds. The average Bonchev–Trinajstić information content (AvgIpc) is 2.23. The minimum atomic E-state index is -0.359. The van der Waals surface area contributed by atoms with Crippen molar-refractivity contribution in [2.75, 3.05) is 18.6 Å². The van der Waals surface area contributed by atoms with Gasteiger partial charge >= 0.3 is 0 Å². The molecule has 0 unspecified atom stereocenters. The Morgan fingerprint density at radius 3 is 2.93 bits per heavy atom. The summed E-state index contributed by atoms with van der Waals surface area (Å²) in [6, 6.07) is 4.82. The van der Waals surface area contributed by atoms with Gasteiger partial charge in [-0.1, -0.05) is 17.7 Å². The standard InChI is InChI=1S/C11H15ClFNS/c1-15-6-2-5-14-8-9-3-4-11(13)10(12)7-9/h3-4,7,14H,2,5-6,8H2,1H3. The summed E-state index contributed by atoms with van der Waals surface area (Å²) < 4.78 is 12.8. The Hall–Kier alpha value is -0.250. The van der Waals surface area contributed by atoms with Crippen LogP contribution in [-0.4, -0.2) is 18.6 Å². The van der Waals surface area contributed by atoms with Gasteiger partial charge in [-0.15, -0.1) is 0 Å². The quantitative estimate of drug-likeness (QED) is 0.774. The van der Waals surface area contributed by atoms with E-state index in [-0.39, 0.29) is 10.8 Å². The second-order valence-electron chi connectivity index (χ2n) is 3.27. The van der Waals surface area contributed by atoms with Gasteiger partial charge < -0.3 is 5.32 Å². The van der Waals surface area contributed by atoms with Crippen molar-refractivity contribution >= 4 is 23.4 Å². The fourth-order valence-corrected chi connectivity index (χ4v) is 1.86. The topological polar surface area (TPSA) is 12.0 Å². The van der Waals surface area contributed by atoms with E-state index in [2.05, 4.69) is 11.6 Å². The van der Waals surface area contributed by atoms with Crippen molar-refractivity contribution in [3.05, 3.63) is 34.6 Å². The zero-order chi connectivity index (χ0) is 11.1. The molecule has 0 saturated heterocycles. The lowest BCUT2D eigenvalue weighted by molar-refractivity contribution is 0.625. The molecule has 0 aliphatic carbocycles. The minimum Gasteiger partial charge on any atom is -0.313 e. The van der Waals surface area contributed by atoms with Crippen molar-refractivity contribution in [3.8, 4) is 0 Å². The van der Waals surface area contributed by atoms with Crippen LogP contribution in [0.15, 0.2) is 18.2 Å². The molecular weight excluding hydrogens is 233 g/mol. The minimum absolute atomic E-state index is 0.193. The summed E-state index contributed by atoms with van der Waals surface area (Å²) in [7, 11) is 0. The first-order valence-electron chi connectivity index (χ1n) is 4.87. The molecule has 0 radical (unpaired) electrons. The first-order valence-corrected chi connectivity index (χ1v) is 6.65. The third kappa shape index (κ3) is 4.87. The summed E-state index contributed by atoms with van der Waals surface area (Å²) in [6.45, 7) is 1.73. The fraction of sp³-hybridized carbons (Fsp3) is 0.455. The number of thioether (sulfide) groups is 1. The predicted octanol–water partition coefficient (Wildman–Crippen LogP) is 3.32. The molecule has 0 aliphatic heterocycles. The highest BCUT2D eigenvalue weighted by molar-refractivity contribution is 7.98. The van der Waals surface area contributed by atoms with Gasteiger partial charge in [0.15, 0.2) is 0 Å². The van der Waals surface area contributed by atoms with Crippen LogP contribution in [-0.2, 0) is 6.54 Å². The van der Waals surface area contributed by atoms with E-state index in [1.807, 2.05) is 11.8 Å². The van der Waals surface area contributed by atoms with Gasteiger partial charge in [-0.05, 0) is 42.7 Å². The van der Waals surface area contributed by atoms with Crippen LogP contribution in [0.1, 0.15) is 12.0 Å². The van der Waals surface area contributed by atoms with Gasteiger partial charge in [0, 0.05) is 6.54 Å². The normalized spacial score (nSPS) is 10.6. The number of halogens is 2. The van der Waals surface area contributed by atoms with Gasteiger partial charge in [0.05, 0.1) is 5.02 Å². The molecule has 15 heavy (non-hydrogen) atoms. The van der Waals surface area contributed by atoms with E-state index in [0.717, 1.165) is 30.8 Å². The molecule has 0 aromatic heterocycles. The first-order chi connectivity index (χ1) is 7.24. The average molecular weight is 248 g/mol. The molecule has 1 aromatic rings. The van der Waals surface area contributed by atoms with E-state index in [4.69, 9.17) is 11.6 Å². The largest absolute Gasteiger partial charge is 0.313 e. The van der Waals surface area contributed by atoms with Gasteiger partial charge in [-0.3, -0.25) is 0 Å². The zero-order valence-corrected chi connectivity index (χ0v) is 10.3. The lowest BCUT2D eigenvalue weighted by atomic mass is 10.2. The van der Waals surface area contributed by atoms with Crippen LogP contribution in [0, 0.1) is 5.82 Å². The number of benzene rings is 1. The molecule has 1 aromatic carbocycles. The second kappa shape index (κ2) is 7.09. The van der Waals surface area contributed by atoms with Gasteiger partial charge in [-0.2, -0.15) is 11.8 Å². The number of hydrogen-bond acceptors (Lipinski definition) is 2. The second-order valence-corrected chi connectivity index (χ2v) is 4.66. The Morgan fingerprint density at radius 1 is 1.47 bits per heavy atom. The molecule has 1 nitrogen and oxygen atoms in total. The monoisotopic (exact) mass is 247 g/mol. The van der Waals surface area contributed by atoms with Crippen molar-refractivity contribution in [2.24, 2.45) is 0 Å². The molecule has 0 heterocycles. The van der Waals surface area contributed by atoms with Crippen LogP contribution in [0.5, 0.6) is 0 Å². The molecule has 1 rings (SSSR count). The highest BCUT2D eigenvalue weighted by Gasteiger charge is 1.99. The SMILES string of the molecule is CSCCCNCc1ccc(F)c(Cl)c1. The maximum Gasteiger partial charge on any atom is 0.141 e. The van der Waals surface area contributed by atoms with Crippen LogP contribution in [0.4, 0.5) is 4.39 Å². The van der Waals surface area contributed by atoms with Gasteiger partial charge in [-0.25, -0.2) is 4.39 Å². The summed E-state index contributed by atoms with van der Waals surface area (Å²) in [4.78, 5) is 0. The summed E-state index contributed by atoms with van der Waals surface area (Å²) in [6.07, 6.45) is 3.25. The Morgan fingerprint density at radius 2 is 2.27 bits per heavy atom. The smallest absolute Gasteiger partial charge is 0.141 e. The Bertz CT molecular complexity index is 307. The van der Waals surface area contributed by atoms with Gasteiger partial charge in [0.2, 0.25) is 0 Å². The van der Waals surface area contributed by atoms with Crippen molar-refractivity contribution in [1.82, 2.24) is 5.32 Å².